The van der Waals surface area contributed by atoms with Crippen molar-refractivity contribution in [2.45, 2.75) is 25.6 Å². The number of esters is 1. The largest absolute Gasteiger partial charge is 0.463 e. The highest BCUT2D eigenvalue weighted by Gasteiger charge is 2.62. The monoisotopic (exact) mass is 262 g/mol. The number of halogens is 3. The van der Waals surface area contributed by atoms with Gasteiger partial charge in [-0.1, -0.05) is 24.3 Å². The van der Waals surface area contributed by atoms with Gasteiger partial charge in [-0.15, -0.1) is 0 Å². The second-order valence-corrected chi connectivity index (χ2v) is 3.74. The molecule has 1 rings (SSSR count). The highest BCUT2D eigenvalue weighted by Crippen LogP contribution is 2.41. The Morgan fingerprint density at radius 1 is 1.33 bits per heavy atom. The van der Waals surface area contributed by atoms with Gasteiger partial charge >= 0.3 is 12.1 Å². The van der Waals surface area contributed by atoms with Gasteiger partial charge in [0.05, 0.1) is 6.61 Å². The summed E-state index contributed by atoms with van der Waals surface area (Å²) in [6.07, 6.45) is -5.15. The second kappa shape index (κ2) is 4.97. The number of alkyl halides is 3. The molecule has 0 heterocycles. The summed E-state index contributed by atoms with van der Waals surface area (Å²) in [5.74, 6) is -1.72. The lowest BCUT2D eigenvalue weighted by atomic mass is 9.89. The van der Waals surface area contributed by atoms with Crippen LogP contribution in [-0.4, -0.2) is 23.9 Å². The van der Waals surface area contributed by atoms with E-state index in [1.165, 1.54) is 32.0 Å². The fourth-order valence-corrected chi connectivity index (χ4v) is 1.59. The Morgan fingerprint density at radius 3 is 2.33 bits per heavy atom. The summed E-state index contributed by atoms with van der Waals surface area (Å²) in [7, 11) is 0. The van der Waals surface area contributed by atoms with Crippen LogP contribution in [0.4, 0.5) is 13.2 Å². The minimum Gasteiger partial charge on any atom is -0.463 e. The Hall–Kier alpha value is -1.56. The summed E-state index contributed by atoms with van der Waals surface area (Å²) in [6.45, 7) is 2.50. The standard InChI is InChI=1S/C12H13F3O3/c1-3-18-10(16)11(17,12(13,14)15)9-7-5-4-6-8(9)2/h4-7,17H,3H2,1-2H3. The molecule has 3 nitrogen and oxygen atoms in total. The molecule has 0 spiro atoms. The van der Waals surface area contributed by atoms with Crippen molar-refractivity contribution in [3.05, 3.63) is 35.4 Å². The number of rotatable bonds is 3. The maximum absolute atomic E-state index is 13.0. The second-order valence-electron chi connectivity index (χ2n) is 3.74. The molecular formula is C12H13F3O3. The van der Waals surface area contributed by atoms with Crippen LogP contribution in [0.3, 0.4) is 0 Å². The van der Waals surface area contributed by atoms with Crippen molar-refractivity contribution in [1.29, 1.82) is 0 Å². The number of hydrogen-bond donors (Lipinski definition) is 1. The first kappa shape index (κ1) is 14.5. The zero-order chi connectivity index (χ0) is 14.0. The number of carbonyl (C=O) groups excluding carboxylic acids is 1. The average molecular weight is 262 g/mol. The van der Waals surface area contributed by atoms with E-state index >= 15 is 0 Å². The van der Waals surface area contributed by atoms with E-state index in [-0.39, 0.29) is 12.2 Å². The molecule has 0 aromatic heterocycles. The Balaban J connectivity index is 3.39. The van der Waals surface area contributed by atoms with E-state index < -0.39 is 23.3 Å². The van der Waals surface area contributed by atoms with Crippen molar-refractivity contribution in [1.82, 2.24) is 0 Å². The molecule has 0 saturated carbocycles. The third kappa shape index (κ3) is 2.33. The minimum absolute atomic E-state index is 0.158. The van der Waals surface area contributed by atoms with Crippen LogP contribution in [0.15, 0.2) is 24.3 Å². The first-order chi connectivity index (χ1) is 8.25. The van der Waals surface area contributed by atoms with Crippen LogP contribution >= 0.6 is 0 Å². The molecule has 0 saturated heterocycles. The molecule has 1 aromatic carbocycles. The fourth-order valence-electron chi connectivity index (χ4n) is 1.59. The van der Waals surface area contributed by atoms with Gasteiger partial charge in [0.15, 0.2) is 0 Å². The van der Waals surface area contributed by atoms with Crippen molar-refractivity contribution >= 4 is 5.97 Å². The molecule has 0 aliphatic carbocycles. The van der Waals surface area contributed by atoms with E-state index in [1.807, 2.05) is 0 Å². The molecule has 1 aromatic rings. The normalized spacial score (nSPS) is 15.0. The Kier molecular flexibility index (Phi) is 4.01. The Labute approximate surface area is 102 Å². The summed E-state index contributed by atoms with van der Waals surface area (Å²) < 4.78 is 43.3. The zero-order valence-corrected chi connectivity index (χ0v) is 9.91. The van der Waals surface area contributed by atoms with Gasteiger partial charge in [0.25, 0.3) is 5.60 Å². The van der Waals surface area contributed by atoms with E-state index in [2.05, 4.69) is 4.74 Å². The average Bonchev–Trinajstić information content (AvgIpc) is 2.27. The number of ether oxygens (including phenoxy) is 1. The molecule has 0 amide bonds. The first-order valence-electron chi connectivity index (χ1n) is 5.27. The van der Waals surface area contributed by atoms with Gasteiger partial charge in [0, 0.05) is 5.56 Å². The summed E-state index contributed by atoms with van der Waals surface area (Å²) >= 11 is 0. The molecular weight excluding hydrogens is 249 g/mol. The van der Waals surface area contributed by atoms with Crippen LogP contribution < -0.4 is 0 Å². The van der Waals surface area contributed by atoms with Crippen LogP contribution in [-0.2, 0) is 15.1 Å². The maximum atomic E-state index is 13.0. The van der Waals surface area contributed by atoms with Gasteiger partial charge in [0.2, 0.25) is 0 Å². The molecule has 1 unspecified atom stereocenters. The third-order valence-corrected chi connectivity index (χ3v) is 2.52. The van der Waals surface area contributed by atoms with Crippen molar-refractivity contribution in [3.8, 4) is 0 Å². The predicted molar refractivity (Wildman–Crippen MR) is 57.8 cm³/mol. The summed E-state index contributed by atoms with van der Waals surface area (Å²) in [5.41, 5.74) is -3.99. The molecule has 100 valence electrons. The van der Waals surface area contributed by atoms with Crippen molar-refractivity contribution in [2.75, 3.05) is 6.61 Å². The summed E-state index contributed by atoms with van der Waals surface area (Å²) in [4.78, 5) is 11.5. The lowest BCUT2D eigenvalue weighted by molar-refractivity contribution is -0.268. The molecule has 0 bridgehead atoms. The Bertz CT molecular complexity index is 442. The fraction of sp³-hybridized carbons (Fsp3) is 0.417. The SMILES string of the molecule is CCOC(=O)C(O)(c1ccccc1C)C(F)(F)F. The van der Waals surface area contributed by atoms with Crippen molar-refractivity contribution in [3.63, 3.8) is 0 Å². The van der Waals surface area contributed by atoms with Gasteiger partial charge in [-0.3, -0.25) is 0 Å². The molecule has 6 heteroatoms. The molecule has 0 fully saturated rings. The highest BCUT2D eigenvalue weighted by molar-refractivity contribution is 5.82. The molecule has 1 N–H and O–H groups in total. The number of aryl methyl sites for hydroxylation is 1. The Morgan fingerprint density at radius 2 is 1.89 bits per heavy atom. The van der Waals surface area contributed by atoms with Crippen molar-refractivity contribution < 1.29 is 27.8 Å². The van der Waals surface area contributed by atoms with Crippen LogP contribution in [0.5, 0.6) is 0 Å². The first-order valence-corrected chi connectivity index (χ1v) is 5.27. The van der Waals surface area contributed by atoms with Gasteiger partial charge in [-0.25, -0.2) is 4.79 Å². The van der Waals surface area contributed by atoms with E-state index in [0.29, 0.717) is 0 Å². The quantitative estimate of drug-likeness (QED) is 0.850. The van der Waals surface area contributed by atoms with E-state index in [0.717, 1.165) is 6.07 Å². The number of carbonyl (C=O) groups is 1. The van der Waals surface area contributed by atoms with Gasteiger partial charge in [-0.2, -0.15) is 13.2 Å². The molecule has 0 radical (unpaired) electrons. The number of benzene rings is 1. The smallest absolute Gasteiger partial charge is 0.432 e. The van der Waals surface area contributed by atoms with Gasteiger partial charge in [0.1, 0.15) is 0 Å². The zero-order valence-electron chi connectivity index (χ0n) is 9.91. The number of hydrogen-bond acceptors (Lipinski definition) is 3. The minimum atomic E-state index is -5.15. The number of aliphatic hydroxyl groups is 1. The van der Waals surface area contributed by atoms with Crippen LogP contribution in [0.25, 0.3) is 0 Å². The highest BCUT2D eigenvalue weighted by atomic mass is 19.4. The third-order valence-electron chi connectivity index (χ3n) is 2.52. The predicted octanol–water partition coefficient (Wildman–Crippen LogP) is 2.31. The lowest BCUT2D eigenvalue weighted by Crippen LogP contribution is -2.50. The lowest BCUT2D eigenvalue weighted by Gasteiger charge is -2.29. The van der Waals surface area contributed by atoms with Gasteiger partial charge < -0.3 is 9.84 Å². The summed E-state index contributed by atoms with van der Waals surface area (Å²) in [6, 6.07) is 5.27. The van der Waals surface area contributed by atoms with E-state index in [1.54, 1.807) is 0 Å². The molecule has 18 heavy (non-hydrogen) atoms. The molecule has 0 aliphatic rings. The van der Waals surface area contributed by atoms with Gasteiger partial charge in [-0.05, 0) is 19.4 Å². The molecule has 1 atom stereocenters. The maximum Gasteiger partial charge on any atom is 0.432 e. The van der Waals surface area contributed by atoms with E-state index in [4.69, 9.17) is 0 Å². The topological polar surface area (TPSA) is 46.5 Å². The van der Waals surface area contributed by atoms with E-state index in [9.17, 15) is 23.1 Å². The molecule has 0 aliphatic heterocycles. The summed E-state index contributed by atoms with van der Waals surface area (Å²) in [5, 5.41) is 9.80. The van der Waals surface area contributed by atoms with Crippen LogP contribution in [0.2, 0.25) is 0 Å². The van der Waals surface area contributed by atoms with Crippen LogP contribution in [0, 0.1) is 6.92 Å². The van der Waals surface area contributed by atoms with Crippen LogP contribution in [0.1, 0.15) is 18.1 Å². The van der Waals surface area contributed by atoms with Crippen molar-refractivity contribution in [2.24, 2.45) is 0 Å².